The van der Waals surface area contributed by atoms with Crippen LogP contribution in [0.2, 0.25) is 0 Å². The van der Waals surface area contributed by atoms with E-state index < -0.39 is 0 Å². The molecule has 0 unspecified atom stereocenters. The average Bonchev–Trinajstić information content (AvgIpc) is 2.72. The largest absolute Gasteiger partial charge is 0.382 e. The topological polar surface area (TPSA) is 12.0 Å². The Balaban J connectivity index is 0.00000108. The van der Waals surface area contributed by atoms with Gasteiger partial charge in [0, 0.05) is 41.3 Å². The molecule has 0 amide bonds. The normalized spacial score (nSPS) is 13.9. The first-order valence-corrected chi connectivity index (χ1v) is 5.80. The minimum atomic E-state index is 0. The molecule has 2 aromatic rings. The van der Waals surface area contributed by atoms with Gasteiger partial charge in [0.1, 0.15) is 0 Å². The molecule has 0 fully saturated rings. The zero-order valence-electron chi connectivity index (χ0n) is 10.2. The van der Waals surface area contributed by atoms with Crippen LogP contribution < -0.4 is 5.32 Å². The van der Waals surface area contributed by atoms with Gasteiger partial charge >= 0.3 is 0 Å². The Morgan fingerprint density at radius 2 is 1.29 bits per heavy atom. The van der Waals surface area contributed by atoms with Gasteiger partial charge in [0.15, 0.2) is 0 Å². The Labute approximate surface area is 125 Å². The molecule has 0 heterocycles. The minimum absolute atomic E-state index is 0. The van der Waals surface area contributed by atoms with Gasteiger partial charge in [-0.2, -0.15) is 0 Å². The number of rotatable bonds is 2. The maximum Gasteiger partial charge on any atom is 0.0342 e. The van der Waals surface area contributed by atoms with Crippen molar-refractivity contribution in [2.75, 3.05) is 5.32 Å². The first-order chi connectivity index (χ1) is 7.92. The number of para-hydroxylation sites is 1. The summed E-state index contributed by atoms with van der Waals surface area (Å²) in [4.78, 5) is 0. The standard InChI is InChI=1S/C15H15N.Na/c1-2-8-14(9-3-1)16-15-10-12-6-4-5-7-13(12)11-15;/h1-9,15-16H,10-11H2;. The molecule has 1 N–H and O–H groups in total. The molecule has 0 spiro atoms. The van der Waals surface area contributed by atoms with Crippen LogP contribution >= 0.6 is 0 Å². The van der Waals surface area contributed by atoms with E-state index in [1.807, 2.05) is 0 Å². The third-order valence-corrected chi connectivity index (χ3v) is 3.20. The molecule has 1 radical (unpaired) electrons. The monoisotopic (exact) mass is 232 g/mol. The van der Waals surface area contributed by atoms with E-state index in [4.69, 9.17) is 0 Å². The minimum Gasteiger partial charge on any atom is -0.382 e. The van der Waals surface area contributed by atoms with Gasteiger partial charge in [-0.25, -0.2) is 0 Å². The molecular weight excluding hydrogens is 217 g/mol. The number of hydrogen-bond donors (Lipinski definition) is 1. The van der Waals surface area contributed by atoms with Crippen molar-refractivity contribution in [2.45, 2.75) is 18.9 Å². The van der Waals surface area contributed by atoms with Gasteiger partial charge in [-0.05, 0) is 36.1 Å². The Bertz CT molecular complexity index is 456. The second-order valence-corrected chi connectivity index (χ2v) is 4.38. The SMILES string of the molecule is [Na].c1ccc(NC2Cc3ccccc3C2)cc1. The maximum atomic E-state index is 3.59. The van der Waals surface area contributed by atoms with Gasteiger partial charge in [-0.15, -0.1) is 0 Å². The van der Waals surface area contributed by atoms with Crippen molar-refractivity contribution in [1.29, 1.82) is 0 Å². The Kier molecular flexibility index (Phi) is 4.27. The third kappa shape index (κ3) is 2.92. The first kappa shape index (κ1) is 12.7. The molecular formula is C15H15NNa. The molecule has 2 aromatic carbocycles. The van der Waals surface area contributed by atoms with Crippen molar-refractivity contribution in [1.82, 2.24) is 0 Å². The average molecular weight is 232 g/mol. The number of nitrogens with one attached hydrogen (secondary N) is 1. The van der Waals surface area contributed by atoms with Gasteiger partial charge in [0.25, 0.3) is 0 Å². The zero-order chi connectivity index (χ0) is 10.8. The molecule has 0 atom stereocenters. The fourth-order valence-corrected chi connectivity index (χ4v) is 2.43. The van der Waals surface area contributed by atoms with E-state index in [-0.39, 0.29) is 29.6 Å². The molecule has 0 aliphatic heterocycles. The molecule has 1 nitrogen and oxygen atoms in total. The Hall–Kier alpha value is -0.760. The van der Waals surface area contributed by atoms with Crippen molar-refractivity contribution < 1.29 is 0 Å². The number of hydrogen-bond acceptors (Lipinski definition) is 1. The second-order valence-electron chi connectivity index (χ2n) is 4.38. The van der Waals surface area contributed by atoms with E-state index in [1.165, 1.54) is 16.8 Å². The molecule has 0 saturated heterocycles. The summed E-state index contributed by atoms with van der Waals surface area (Å²) in [7, 11) is 0. The molecule has 0 aromatic heterocycles. The van der Waals surface area contributed by atoms with E-state index in [0.29, 0.717) is 6.04 Å². The van der Waals surface area contributed by atoms with Crippen LogP contribution in [0, 0.1) is 0 Å². The van der Waals surface area contributed by atoms with Crippen LogP contribution in [0.5, 0.6) is 0 Å². The molecule has 81 valence electrons. The van der Waals surface area contributed by atoms with Gasteiger partial charge < -0.3 is 5.32 Å². The third-order valence-electron chi connectivity index (χ3n) is 3.20. The summed E-state index contributed by atoms with van der Waals surface area (Å²) in [6, 6.07) is 19.7. The van der Waals surface area contributed by atoms with Crippen LogP contribution in [0.3, 0.4) is 0 Å². The number of benzene rings is 2. The summed E-state index contributed by atoms with van der Waals surface area (Å²) in [5.74, 6) is 0. The Morgan fingerprint density at radius 3 is 1.88 bits per heavy atom. The summed E-state index contributed by atoms with van der Waals surface area (Å²) >= 11 is 0. The zero-order valence-corrected chi connectivity index (χ0v) is 12.2. The quantitative estimate of drug-likeness (QED) is 0.785. The molecule has 0 saturated carbocycles. The van der Waals surface area contributed by atoms with E-state index in [9.17, 15) is 0 Å². The van der Waals surface area contributed by atoms with Crippen molar-refractivity contribution >= 4 is 35.2 Å². The van der Waals surface area contributed by atoms with Gasteiger partial charge in [0.05, 0.1) is 0 Å². The van der Waals surface area contributed by atoms with Crippen LogP contribution in [0.4, 0.5) is 5.69 Å². The van der Waals surface area contributed by atoms with Crippen molar-refractivity contribution in [2.24, 2.45) is 0 Å². The van der Waals surface area contributed by atoms with Crippen molar-refractivity contribution in [3.63, 3.8) is 0 Å². The van der Waals surface area contributed by atoms with Crippen molar-refractivity contribution in [3.05, 3.63) is 65.7 Å². The summed E-state index contributed by atoms with van der Waals surface area (Å²) in [5.41, 5.74) is 4.21. The molecule has 1 aliphatic carbocycles. The molecule has 3 rings (SSSR count). The predicted octanol–water partition coefficient (Wildman–Crippen LogP) is 2.89. The van der Waals surface area contributed by atoms with Crippen LogP contribution in [-0.2, 0) is 12.8 Å². The van der Waals surface area contributed by atoms with E-state index in [0.717, 1.165) is 12.8 Å². The van der Waals surface area contributed by atoms with Crippen molar-refractivity contribution in [3.8, 4) is 0 Å². The predicted molar refractivity (Wildman–Crippen MR) is 73.5 cm³/mol. The van der Waals surface area contributed by atoms with E-state index in [2.05, 4.69) is 59.9 Å². The molecule has 0 bridgehead atoms. The molecule has 1 aliphatic rings. The maximum absolute atomic E-state index is 3.59. The number of anilines is 1. The summed E-state index contributed by atoms with van der Waals surface area (Å²) in [5, 5.41) is 3.59. The van der Waals surface area contributed by atoms with E-state index in [1.54, 1.807) is 0 Å². The van der Waals surface area contributed by atoms with Gasteiger partial charge in [-0.1, -0.05) is 42.5 Å². The van der Waals surface area contributed by atoms with Gasteiger partial charge in [0.2, 0.25) is 0 Å². The van der Waals surface area contributed by atoms with Gasteiger partial charge in [-0.3, -0.25) is 0 Å². The summed E-state index contributed by atoms with van der Waals surface area (Å²) in [6.45, 7) is 0. The molecule has 2 heteroatoms. The van der Waals surface area contributed by atoms with Crippen LogP contribution in [0.15, 0.2) is 54.6 Å². The first-order valence-electron chi connectivity index (χ1n) is 5.80. The molecule has 17 heavy (non-hydrogen) atoms. The number of fused-ring (bicyclic) bond motifs is 1. The summed E-state index contributed by atoms with van der Waals surface area (Å²) in [6.07, 6.45) is 2.29. The van der Waals surface area contributed by atoms with E-state index >= 15 is 0 Å². The van der Waals surface area contributed by atoms with Crippen LogP contribution in [0.25, 0.3) is 0 Å². The second kappa shape index (κ2) is 5.72. The fourth-order valence-electron chi connectivity index (χ4n) is 2.43. The fraction of sp³-hybridized carbons (Fsp3) is 0.200. The summed E-state index contributed by atoms with van der Waals surface area (Å²) < 4.78 is 0. The smallest absolute Gasteiger partial charge is 0.0342 e. The van der Waals surface area contributed by atoms with Crippen LogP contribution in [-0.4, -0.2) is 35.6 Å². The Morgan fingerprint density at radius 1 is 0.765 bits per heavy atom. The van der Waals surface area contributed by atoms with Crippen LogP contribution in [0.1, 0.15) is 11.1 Å².